The van der Waals surface area contributed by atoms with Crippen LogP contribution in [0.1, 0.15) is 18.7 Å². The van der Waals surface area contributed by atoms with Gasteiger partial charge < -0.3 is 9.84 Å². The van der Waals surface area contributed by atoms with Crippen molar-refractivity contribution in [2.24, 2.45) is 0 Å². The van der Waals surface area contributed by atoms with Crippen LogP contribution in [0, 0.1) is 0 Å². The summed E-state index contributed by atoms with van der Waals surface area (Å²) in [4.78, 5) is 3.96. The minimum absolute atomic E-state index is 0.537. The molecule has 1 heterocycles. The zero-order chi connectivity index (χ0) is 8.27. The van der Waals surface area contributed by atoms with Crippen molar-refractivity contribution in [1.82, 2.24) is 4.98 Å². The van der Waals surface area contributed by atoms with Crippen molar-refractivity contribution in [3.05, 3.63) is 24.0 Å². The van der Waals surface area contributed by atoms with Crippen molar-refractivity contribution in [3.8, 4) is 5.75 Å². The molecular weight excluding hydrogens is 142 g/mol. The first-order valence-corrected chi connectivity index (χ1v) is 3.42. The Morgan fingerprint density at radius 3 is 2.91 bits per heavy atom. The molecule has 1 aromatic heterocycles. The first-order chi connectivity index (χ1) is 5.24. The summed E-state index contributed by atoms with van der Waals surface area (Å²) in [5, 5.41) is 9.13. The highest BCUT2D eigenvalue weighted by molar-refractivity contribution is 5.23. The molecule has 1 N–H and O–H groups in total. The monoisotopic (exact) mass is 153 g/mol. The maximum Gasteiger partial charge on any atom is 0.122 e. The van der Waals surface area contributed by atoms with Gasteiger partial charge in [0.2, 0.25) is 0 Å². The Bertz CT molecular complexity index is 235. The van der Waals surface area contributed by atoms with Crippen LogP contribution in [0.4, 0.5) is 0 Å². The molecule has 0 unspecified atom stereocenters. The molecule has 3 nitrogen and oxygen atoms in total. The molecular formula is C8H11NO2. The van der Waals surface area contributed by atoms with E-state index in [2.05, 4.69) is 4.98 Å². The SMILES string of the molecule is COc1ccnc([C@H](C)O)c1. The third-order valence-corrected chi connectivity index (χ3v) is 1.42. The molecule has 0 amide bonds. The van der Waals surface area contributed by atoms with Crippen LogP contribution in [-0.4, -0.2) is 17.2 Å². The number of aromatic nitrogens is 1. The van der Waals surface area contributed by atoms with E-state index < -0.39 is 6.10 Å². The Kier molecular flexibility index (Phi) is 2.44. The van der Waals surface area contributed by atoms with Crippen molar-refractivity contribution in [1.29, 1.82) is 0 Å². The number of aliphatic hydroxyl groups excluding tert-OH is 1. The van der Waals surface area contributed by atoms with Crippen LogP contribution >= 0.6 is 0 Å². The van der Waals surface area contributed by atoms with E-state index in [0.29, 0.717) is 5.69 Å². The molecule has 3 heteroatoms. The summed E-state index contributed by atoms with van der Waals surface area (Å²) in [6.07, 6.45) is 1.08. The molecule has 0 saturated carbocycles. The van der Waals surface area contributed by atoms with Gasteiger partial charge in [0.25, 0.3) is 0 Å². The predicted octanol–water partition coefficient (Wildman–Crippen LogP) is 1.14. The van der Waals surface area contributed by atoms with Crippen molar-refractivity contribution in [2.45, 2.75) is 13.0 Å². The summed E-state index contributed by atoms with van der Waals surface area (Å²) >= 11 is 0. The molecule has 0 radical (unpaired) electrons. The van der Waals surface area contributed by atoms with Crippen molar-refractivity contribution >= 4 is 0 Å². The minimum atomic E-state index is -0.537. The van der Waals surface area contributed by atoms with Gasteiger partial charge in [-0.3, -0.25) is 4.98 Å². The Morgan fingerprint density at radius 1 is 1.64 bits per heavy atom. The van der Waals surface area contributed by atoms with Crippen LogP contribution < -0.4 is 4.74 Å². The highest BCUT2D eigenvalue weighted by atomic mass is 16.5. The van der Waals surface area contributed by atoms with E-state index in [9.17, 15) is 0 Å². The first-order valence-electron chi connectivity index (χ1n) is 3.42. The van der Waals surface area contributed by atoms with E-state index in [1.165, 1.54) is 0 Å². The molecule has 11 heavy (non-hydrogen) atoms. The molecule has 1 aromatic rings. The van der Waals surface area contributed by atoms with Gasteiger partial charge in [-0.1, -0.05) is 0 Å². The number of methoxy groups -OCH3 is 1. The molecule has 0 aliphatic carbocycles. The zero-order valence-corrected chi connectivity index (χ0v) is 6.61. The van der Waals surface area contributed by atoms with E-state index in [0.717, 1.165) is 5.75 Å². The Balaban J connectivity index is 2.91. The number of hydrogen-bond acceptors (Lipinski definition) is 3. The molecule has 0 bridgehead atoms. The molecule has 1 rings (SSSR count). The lowest BCUT2D eigenvalue weighted by atomic mass is 10.2. The van der Waals surface area contributed by atoms with E-state index in [1.807, 2.05) is 0 Å². The highest BCUT2D eigenvalue weighted by Crippen LogP contribution is 2.14. The highest BCUT2D eigenvalue weighted by Gasteiger charge is 2.02. The number of nitrogens with zero attached hydrogens (tertiary/aromatic N) is 1. The Labute approximate surface area is 65.7 Å². The van der Waals surface area contributed by atoms with Gasteiger partial charge in [-0.2, -0.15) is 0 Å². The minimum Gasteiger partial charge on any atom is -0.497 e. The fourth-order valence-electron chi connectivity index (χ4n) is 0.783. The number of rotatable bonds is 2. The van der Waals surface area contributed by atoms with Crippen molar-refractivity contribution in [2.75, 3.05) is 7.11 Å². The lowest BCUT2D eigenvalue weighted by Gasteiger charge is -2.04. The maximum absolute atomic E-state index is 9.13. The molecule has 0 saturated heterocycles. The third kappa shape index (κ3) is 1.91. The topological polar surface area (TPSA) is 42.4 Å². The van der Waals surface area contributed by atoms with Gasteiger partial charge in [0.15, 0.2) is 0 Å². The standard InChI is InChI=1S/C8H11NO2/c1-6(10)8-5-7(11-2)3-4-9-8/h3-6,10H,1-2H3/t6-/m0/s1. The van der Waals surface area contributed by atoms with E-state index in [1.54, 1.807) is 32.4 Å². The van der Waals surface area contributed by atoms with Gasteiger partial charge in [-0.25, -0.2) is 0 Å². The second-order valence-corrected chi connectivity index (χ2v) is 2.30. The lowest BCUT2D eigenvalue weighted by Crippen LogP contribution is -1.95. The molecule has 0 fully saturated rings. The fraction of sp³-hybridized carbons (Fsp3) is 0.375. The third-order valence-electron chi connectivity index (χ3n) is 1.42. The van der Waals surface area contributed by atoms with Gasteiger partial charge in [-0.05, 0) is 13.0 Å². The van der Waals surface area contributed by atoms with Crippen LogP contribution in [0.2, 0.25) is 0 Å². The zero-order valence-electron chi connectivity index (χ0n) is 6.61. The summed E-state index contributed by atoms with van der Waals surface area (Å²) in [7, 11) is 1.58. The largest absolute Gasteiger partial charge is 0.497 e. The summed E-state index contributed by atoms with van der Waals surface area (Å²) in [5.74, 6) is 0.718. The summed E-state index contributed by atoms with van der Waals surface area (Å²) in [6.45, 7) is 1.67. The molecule has 0 aliphatic heterocycles. The number of aliphatic hydroxyl groups is 1. The molecule has 0 spiro atoms. The van der Waals surface area contributed by atoms with Gasteiger partial charge in [0, 0.05) is 12.3 Å². The molecule has 0 aliphatic rings. The second kappa shape index (κ2) is 3.34. The number of hydrogen-bond donors (Lipinski definition) is 1. The van der Waals surface area contributed by atoms with Gasteiger partial charge >= 0.3 is 0 Å². The average molecular weight is 153 g/mol. The molecule has 1 atom stereocenters. The summed E-state index contributed by atoms with van der Waals surface area (Å²) in [5.41, 5.74) is 0.629. The average Bonchev–Trinajstić information content (AvgIpc) is 2.05. The maximum atomic E-state index is 9.13. The summed E-state index contributed by atoms with van der Waals surface area (Å²) < 4.78 is 4.95. The van der Waals surface area contributed by atoms with Gasteiger partial charge in [0.1, 0.15) is 5.75 Å². The fourth-order valence-corrected chi connectivity index (χ4v) is 0.783. The van der Waals surface area contributed by atoms with Crippen molar-refractivity contribution < 1.29 is 9.84 Å². The van der Waals surface area contributed by atoms with Crippen LogP contribution in [-0.2, 0) is 0 Å². The van der Waals surface area contributed by atoms with E-state index in [-0.39, 0.29) is 0 Å². The first kappa shape index (κ1) is 8.01. The van der Waals surface area contributed by atoms with Crippen LogP contribution in [0.25, 0.3) is 0 Å². The van der Waals surface area contributed by atoms with Crippen LogP contribution in [0.15, 0.2) is 18.3 Å². The summed E-state index contributed by atoms with van der Waals surface area (Å²) in [6, 6.07) is 3.45. The lowest BCUT2D eigenvalue weighted by molar-refractivity contribution is 0.194. The van der Waals surface area contributed by atoms with Crippen LogP contribution in [0.5, 0.6) is 5.75 Å². The van der Waals surface area contributed by atoms with E-state index in [4.69, 9.17) is 9.84 Å². The Hall–Kier alpha value is -1.09. The second-order valence-electron chi connectivity index (χ2n) is 2.30. The quantitative estimate of drug-likeness (QED) is 0.692. The normalized spacial score (nSPS) is 12.6. The van der Waals surface area contributed by atoms with E-state index >= 15 is 0 Å². The number of pyridine rings is 1. The van der Waals surface area contributed by atoms with Crippen molar-refractivity contribution in [3.63, 3.8) is 0 Å². The smallest absolute Gasteiger partial charge is 0.122 e. The van der Waals surface area contributed by atoms with Crippen LogP contribution in [0.3, 0.4) is 0 Å². The molecule has 0 aromatic carbocycles. The predicted molar refractivity (Wildman–Crippen MR) is 41.4 cm³/mol. The molecule has 60 valence electrons. The van der Waals surface area contributed by atoms with Gasteiger partial charge in [0.05, 0.1) is 18.9 Å². The number of ether oxygens (including phenoxy) is 1. The Morgan fingerprint density at radius 2 is 2.36 bits per heavy atom. The van der Waals surface area contributed by atoms with Gasteiger partial charge in [-0.15, -0.1) is 0 Å².